The number of hydrogen-bond acceptors (Lipinski definition) is 3. The predicted molar refractivity (Wildman–Crippen MR) is 86.1 cm³/mol. The van der Waals surface area contributed by atoms with Gasteiger partial charge in [-0.15, -0.1) is 13.2 Å². The first-order valence-corrected chi connectivity index (χ1v) is 7.97. The summed E-state index contributed by atoms with van der Waals surface area (Å²) in [5, 5.41) is 2.64. The van der Waals surface area contributed by atoms with E-state index in [0.717, 1.165) is 32.3 Å². The van der Waals surface area contributed by atoms with Gasteiger partial charge in [0, 0.05) is 13.2 Å². The maximum Gasteiger partial charge on any atom is 0.573 e. The summed E-state index contributed by atoms with van der Waals surface area (Å²) >= 11 is 0. The number of nitrogens with two attached hydrogens (primary N) is 1. The highest BCUT2D eigenvalue weighted by molar-refractivity contribution is 5.93. The van der Waals surface area contributed by atoms with Crippen molar-refractivity contribution in [3.63, 3.8) is 0 Å². The van der Waals surface area contributed by atoms with Crippen molar-refractivity contribution >= 4 is 11.6 Å². The number of guanidine groups is 1. The van der Waals surface area contributed by atoms with Crippen molar-refractivity contribution in [3.05, 3.63) is 24.3 Å². The third-order valence-electron chi connectivity index (χ3n) is 3.62. The SMILES string of the molecule is NC(=NCCCC1CCCCO1)Nc1ccccc1OC(F)(F)F. The molecule has 1 saturated heterocycles. The summed E-state index contributed by atoms with van der Waals surface area (Å²) in [6.07, 6.45) is 0.615. The molecule has 1 aliphatic rings. The second-order valence-corrected chi connectivity index (χ2v) is 5.57. The molecule has 1 atom stereocenters. The van der Waals surface area contributed by atoms with Crippen molar-refractivity contribution < 1.29 is 22.6 Å². The van der Waals surface area contributed by atoms with Crippen molar-refractivity contribution in [3.8, 4) is 5.75 Å². The quantitative estimate of drug-likeness (QED) is 0.469. The van der Waals surface area contributed by atoms with Crippen LogP contribution in [0.25, 0.3) is 0 Å². The zero-order chi connectivity index (χ0) is 17.4. The highest BCUT2D eigenvalue weighted by atomic mass is 19.4. The Morgan fingerprint density at radius 2 is 2.12 bits per heavy atom. The molecule has 0 radical (unpaired) electrons. The molecular formula is C16H22F3N3O2. The van der Waals surface area contributed by atoms with Gasteiger partial charge in [0.2, 0.25) is 0 Å². The molecule has 5 nitrogen and oxygen atoms in total. The van der Waals surface area contributed by atoms with E-state index in [2.05, 4.69) is 15.0 Å². The number of aliphatic imine (C=N–C) groups is 1. The van der Waals surface area contributed by atoms with Gasteiger partial charge in [-0.2, -0.15) is 0 Å². The van der Waals surface area contributed by atoms with Crippen LogP contribution in [0.5, 0.6) is 5.75 Å². The summed E-state index contributed by atoms with van der Waals surface area (Å²) < 4.78 is 46.7. The lowest BCUT2D eigenvalue weighted by Gasteiger charge is -2.22. The summed E-state index contributed by atoms with van der Waals surface area (Å²) in [4.78, 5) is 4.13. The number of halogens is 3. The van der Waals surface area contributed by atoms with Crippen LogP contribution >= 0.6 is 0 Å². The minimum Gasteiger partial charge on any atom is -0.404 e. The number of benzene rings is 1. The summed E-state index contributed by atoms with van der Waals surface area (Å²) in [6, 6.07) is 5.69. The van der Waals surface area contributed by atoms with Crippen LogP contribution in [-0.2, 0) is 4.74 Å². The van der Waals surface area contributed by atoms with Gasteiger partial charge in [-0.3, -0.25) is 4.99 Å². The lowest BCUT2D eigenvalue weighted by atomic mass is 10.1. The van der Waals surface area contributed by atoms with Crippen LogP contribution < -0.4 is 15.8 Å². The van der Waals surface area contributed by atoms with Crippen molar-refractivity contribution in [1.29, 1.82) is 0 Å². The number of ether oxygens (including phenoxy) is 2. The number of nitrogens with zero attached hydrogens (tertiary/aromatic N) is 1. The van der Waals surface area contributed by atoms with E-state index in [1.807, 2.05) is 0 Å². The molecule has 1 aromatic carbocycles. The van der Waals surface area contributed by atoms with Crippen LogP contribution in [0.3, 0.4) is 0 Å². The number of rotatable bonds is 6. The molecule has 1 unspecified atom stereocenters. The molecular weight excluding hydrogens is 323 g/mol. The van der Waals surface area contributed by atoms with Crippen LogP contribution in [0.1, 0.15) is 32.1 Å². The molecule has 1 fully saturated rings. The highest BCUT2D eigenvalue weighted by Gasteiger charge is 2.32. The van der Waals surface area contributed by atoms with E-state index < -0.39 is 6.36 Å². The van der Waals surface area contributed by atoms with E-state index in [4.69, 9.17) is 10.5 Å². The first kappa shape index (κ1) is 18.4. The number of alkyl halides is 3. The van der Waals surface area contributed by atoms with E-state index in [1.165, 1.54) is 24.6 Å². The Hall–Kier alpha value is -1.96. The number of anilines is 1. The molecule has 2 rings (SSSR count). The largest absolute Gasteiger partial charge is 0.573 e. The Bertz CT molecular complexity index is 544. The van der Waals surface area contributed by atoms with Gasteiger partial charge in [0.15, 0.2) is 11.7 Å². The molecule has 3 N–H and O–H groups in total. The summed E-state index contributed by atoms with van der Waals surface area (Å²) in [5.74, 6) is -0.295. The lowest BCUT2D eigenvalue weighted by Crippen LogP contribution is -2.25. The molecule has 24 heavy (non-hydrogen) atoms. The zero-order valence-corrected chi connectivity index (χ0v) is 13.3. The van der Waals surface area contributed by atoms with Gasteiger partial charge in [-0.25, -0.2) is 0 Å². The van der Waals surface area contributed by atoms with Gasteiger partial charge < -0.3 is 20.5 Å². The average Bonchev–Trinajstić information content (AvgIpc) is 2.53. The van der Waals surface area contributed by atoms with Crippen LogP contribution in [0, 0.1) is 0 Å². The van der Waals surface area contributed by atoms with E-state index in [0.29, 0.717) is 6.54 Å². The molecule has 134 valence electrons. The summed E-state index contributed by atoms with van der Waals surface area (Å²) in [6.45, 7) is 1.30. The molecule has 0 spiro atoms. The maximum atomic E-state index is 12.4. The molecule has 0 bridgehead atoms. The Balaban J connectivity index is 1.81. The van der Waals surface area contributed by atoms with Gasteiger partial charge in [0.1, 0.15) is 0 Å². The second-order valence-electron chi connectivity index (χ2n) is 5.57. The first-order valence-electron chi connectivity index (χ1n) is 7.97. The van der Waals surface area contributed by atoms with Gasteiger partial charge >= 0.3 is 6.36 Å². The van der Waals surface area contributed by atoms with Crippen molar-refractivity contribution in [2.45, 2.75) is 44.6 Å². The van der Waals surface area contributed by atoms with Crippen LogP contribution in [0.15, 0.2) is 29.3 Å². The third kappa shape index (κ3) is 6.66. The minimum absolute atomic E-state index is 0.0535. The van der Waals surface area contributed by atoms with Crippen molar-refractivity contribution in [1.82, 2.24) is 0 Å². The van der Waals surface area contributed by atoms with Crippen LogP contribution in [0.2, 0.25) is 0 Å². The number of nitrogens with one attached hydrogen (secondary N) is 1. The third-order valence-corrected chi connectivity index (χ3v) is 3.62. The fourth-order valence-electron chi connectivity index (χ4n) is 2.51. The normalized spacial score (nSPS) is 19.1. The van der Waals surface area contributed by atoms with Crippen LogP contribution in [0.4, 0.5) is 18.9 Å². The highest BCUT2D eigenvalue weighted by Crippen LogP contribution is 2.29. The molecule has 1 aliphatic heterocycles. The van der Waals surface area contributed by atoms with Gasteiger partial charge in [0.05, 0.1) is 11.8 Å². The Morgan fingerprint density at radius 3 is 2.83 bits per heavy atom. The molecule has 0 aromatic heterocycles. The zero-order valence-electron chi connectivity index (χ0n) is 13.3. The van der Waals surface area contributed by atoms with Gasteiger partial charge in [0.25, 0.3) is 0 Å². The standard InChI is InChI=1S/C16H22F3N3O2/c17-16(18,19)24-14-9-2-1-8-13(14)22-15(20)21-10-5-7-12-6-3-4-11-23-12/h1-2,8-9,12H,3-7,10-11H2,(H3,20,21,22). The average molecular weight is 345 g/mol. The van der Waals surface area contributed by atoms with Crippen molar-refractivity contribution in [2.24, 2.45) is 10.7 Å². The maximum absolute atomic E-state index is 12.4. The lowest BCUT2D eigenvalue weighted by molar-refractivity contribution is -0.274. The Labute approximate surface area is 139 Å². The molecule has 1 aromatic rings. The summed E-state index contributed by atoms with van der Waals surface area (Å²) in [5.41, 5.74) is 5.85. The molecule has 1 heterocycles. The fraction of sp³-hybridized carbons (Fsp3) is 0.562. The monoisotopic (exact) mass is 345 g/mol. The van der Waals surface area contributed by atoms with Crippen LogP contribution in [-0.4, -0.2) is 31.6 Å². The van der Waals surface area contributed by atoms with Crippen molar-refractivity contribution in [2.75, 3.05) is 18.5 Å². The Kier molecular flexibility index (Phi) is 6.72. The number of para-hydroxylation sites is 2. The minimum atomic E-state index is -4.76. The first-order chi connectivity index (χ1) is 11.4. The van der Waals surface area contributed by atoms with E-state index in [9.17, 15) is 13.2 Å². The molecule has 0 amide bonds. The Morgan fingerprint density at radius 1 is 1.33 bits per heavy atom. The predicted octanol–water partition coefficient (Wildman–Crippen LogP) is 3.66. The second kappa shape index (κ2) is 8.77. The van der Waals surface area contributed by atoms with E-state index in [1.54, 1.807) is 6.07 Å². The molecule has 0 aliphatic carbocycles. The van der Waals surface area contributed by atoms with E-state index in [-0.39, 0.29) is 23.5 Å². The molecule has 8 heteroatoms. The number of hydrogen-bond donors (Lipinski definition) is 2. The van der Waals surface area contributed by atoms with E-state index >= 15 is 0 Å². The smallest absolute Gasteiger partial charge is 0.404 e. The van der Waals surface area contributed by atoms with Gasteiger partial charge in [-0.1, -0.05) is 12.1 Å². The molecule has 0 saturated carbocycles. The summed E-state index contributed by atoms with van der Waals surface area (Å²) in [7, 11) is 0. The topological polar surface area (TPSA) is 68.9 Å². The van der Waals surface area contributed by atoms with Gasteiger partial charge in [-0.05, 0) is 44.2 Å². The fourth-order valence-corrected chi connectivity index (χ4v) is 2.51.